The summed E-state index contributed by atoms with van der Waals surface area (Å²) < 4.78 is 8.55. The van der Waals surface area contributed by atoms with Crippen LogP contribution in [0.2, 0.25) is 0 Å². The maximum atomic E-state index is 8.41. The van der Waals surface area contributed by atoms with Gasteiger partial charge in [-0.2, -0.15) is 0 Å². The van der Waals surface area contributed by atoms with Gasteiger partial charge in [-0.05, 0) is 25.3 Å². The summed E-state index contributed by atoms with van der Waals surface area (Å²) in [7, 11) is 0. The number of hydrogen-bond donors (Lipinski definition) is 1. The Hall–Kier alpha value is -0.390. The zero-order valence-electron chi connectivity index (χ0n) is 8.94. The molecule has 1 aliphatic rings. The summed E-state index contributed by atoms with van der Waals surface area (Å²) in [6.07, 6.45) is 0.388. The van der Waals surface area contributed by atoms with Gasteiger partial charge < -0.3 is 9.47 Å². The maximum absolute atomic E-state index is 8.41. The van der Waals surface area contributed by atoms with E-state index in [1.165, 1.54) is 0 Å². The van der Waals surface area contributed by atoms with E-state index in [9.17, 15) is 0 Å². The second kappa shape index (κ2) is 5.98. The number of nitrogens with one attached hydrogen (secondary N) is 1. The SMILES string of the molecule is C[C@H]1CC[C@H](N=[N+]=[N-])C(OC(=N)C(Cl)(Cl)Cl)O1. The van der Waals surface area contributed by atoms with Crippen molar-refractivity contribution in [3.05, 3.63) is 10.4 Å². The lowest BCUT2D eigenvalue weighted by atomic mass is 10.1. The fourth-order valence-electron chi connectivity index (χ4n) is 1.40. The fourth-order valence-corrected chi connectivity index (χ4v) is 1.53. The first-order valence-electron chi connectivity index (χ1n) is 4.86. The second-order valence-corrected chi connectivity index (χ2v) is 5.89. The molecule has 9 heteroatoms. The molecule has 6 nitrogen and oxygen atoms in total. The summed E-state index contributed by atoms with van der Waals surface area (Å²) in [5.74, 6) is -0.556. The highest BCUT2D eigenvalue weighted by molar-refractivity contribution is 6.76. The number of ether oxygens (including phenoxy) is 2. The van der Waals surface area contributed by atoms with Crippen LogP contribution in [0.5, 0.6) is 0 Å². The lowest BCUT2D eigenvalue weighted by molar-refractivity contribution is -0.158. The molecule has 0 aromatic carbocycles. The standard InChI is InChI=1S/C8H11Cl3N4O2/c1-4-2-3-5(14-15-13)6(16-4)17-7(12)8(9,10)11/h4-6,12H,2-3H2,1H3/t4-,5-,6?/m0/s1. The van der Waals surface area contributed by atoms with E-state index in [-0.39, 0.29) is 6.10 Å². The molecular weight excluding hydrogens is 290 g/mol. The highest BCUT2D eigenvalue weighted by atomic mass is 35.6. The predicted molar refractivity (Wildman–Crippen MR) is 65.6 cm³/mol. The van der Waals surface area contributed by atoms with Gasteiger partial charge in [-0.15, -0.1) is 0 Å². The van der Waals surface area contributed by atoms with Gasteiger partial charge in [-0.3, -0.25) is 5.41 Å². The minimum atomic E-state index is -1.95. The van der Waals surface area contributed by atoms with E-state index in [1.54, 1.807) is 0 Å². The van der Waals surface area contributed by atoms with Crippen molar-refractivity contribution < 1.29 is 9.47 Å². The molecule has 0 amide bonds. The normalized spacial score (nSPS) is 29.3. The Bertz CT molecular complexity index is 340. The Kier molecular flexibility index (Phi) is 5.16. The average molecular weight is 302 g/mol. The lowest BCUT2D eigenvalue weighted by Gasteiger charge is -2.33. The molecule has 1 aliphatic heterocycles. The summed E-state index contributed by atoms with van der Waals surface area (Å²) in [5, 5.41) is 11.0. The summed E-state index contributed by atoms with van der Waals surface area (Å²) in [6.45, 7) is 1.85. The number of hydrogen-bond acceptors (Lipinski definition) is 4. The molecule has 1 heterocycles. The summed E-state index contributed by atoms with van der Waals surface area (Å²) in [4.78, 5) is 2.70. The molecule has 3 atom stereocenters. The van der Waals surface area contributed by atoms with E-state index >= 15 is 0 Å². The van der Waals surface area contributed by atoms with Gasteiger partial charge in [-0.1, -0.05) is 39.9 Å². The highest BCUT2D eigenvalue weighted by Gasteiger charge is 2.36. The molecule has 96 valence electrons. The number of nitrogens with zero attached hydrogens (tertiary/aromatic N) is 3. The maximum Gasteiger partial charge on any atom is 0.265 e. The Labute approximate surface area is 113 Å². The first-order valence-corrected chi connectivity index (χ1v) is 6.00. The molecule has 1 saturated heterocycles. The van der Waals surface area contributed by atoms with Crippen LogP contribution in [0.15, 0.2) is 5.11 Å². The molecule has 0 spiro atoms. The zero-order valence-corrected chi connectivity index (χ0v) is 11.2. The van der Waals surface area contributed by atoms with Crippen LogP contribution in [-0.2, 0) is 9.47 Å². The van der Waals surface area contributed by atoms with Crippen molar-refractivity contribution in [2.24, 2.45) is 5.11 Å². The first kappa shape index (κ1) is 14.7. The van der Waals surface area contributed by atoms with Gasteiger partial charge in [0, 0.05) is 4.91 Å². The van der Waals surface area contributed by atoms with Gasteiger partial charge in [0.2, 0.25) is 12.2 Å². The van der Waals surface area contributed by atoms with Gasteiger partial charge in [-0.25, -0.2) is 0 Å². The van der Waals surface area contributed by atoms with E-state index in [4.69, 9.17) is 55.2 Å². The van der Waals surface area contributed by atoms with Crippen LogP contribution in [0.3, 0.4) is 0 Å². The smallest absolute Gasteiger partial charge is 0.265 e. The highest BCUT2D eigenvalue weighted by Crippen LogP contribution is 2.31. The fraction of sp³-hybridized carbons (Fsp3) is 0.875. The van der Waals surface area contributed by atoms with Crippen LogP contribution in [0.1, 0.15) is 19.8 Å². The molecule has 0 aliphatic carbocycles. The Balaban J connectivity index is 2.70. The van der Waals surface area contributed by atoms with Crippen LogP contribution in [-0.4, -0.2) is 28.1 Å². The van der Waals surface area contributed by atoms with E-state index < -0.39 is 22.0 Å². The topological polar surface area (TPSA) is 91.1 Å². The Morgan fingerprint density at radius 2 is 2.18 bits per heavy atom. The van der Waals surface area contributed by atoms with Crippen LogP contribution >= 0.6 is 34.8 Å². The molecule has 0 bridgehead atoms. The number of halogens is 3. The monoisotopic (exact) mass is 300 g/mol. The van der Waals surface area contributed by atoms with Crippen molar-refractivity contribution in [3.63, 3.8) is 0 Å². The summed E-state index contributed by atoms with van der Waals surface area (Å²) in [5.41, 5.74) is 8.41. The molecular formula is C8H11Cl3N4O2. The van der Waals surface area contributed by atoms with E-state index in [1.807, 2.05) is 6.92 Å². The largest absolute Gasteiger partial charge is 0.448 e. The molecule has 17 heavy (non-hydrogen) atoms. The summed E-state index contributed by atoms with van der Waals surface area (Å²) >= 11 is 16.5. The molecule has 0 radical (unpaired) electrons. The molecule has 0 saturated carbocycles. The van der Waals surface area contributed by atoms with Crippen LogP contribution in [0, 0.1) is 5.41 Å². The third kappa shape index (κ3) is 4.41. The van der Waals surface area contributed by atoms with Gasteiger partial charge in [0.1, 0.15) is 0 Å². The molecule has 1 rings (SSSR count). The van der Waals surface area contributed by atoms with E-state index in [2.05, 4.69) is 10.0 Å². The van der Waals surface area contributed by atoms with Crippen LogP contribution in [0.4, 0.5) is 0 Å². The second-order valence-electron chi connectivity index (χ2n) is 3.61. The van der Waals surface area contributed by atoms with Crippen LogP contribution < -0.4 is 0 Å². The van der Waals surface area contributed by atoms with Crippen molar-refractivity contribution >= 4 is 40.7 Å². The predicted octanol–water partition coefficient (Wildman–Crippen LogP) is 3.55. The molecule has 0 aromatic rings. The molecule has 0 aromatic heterocycles. The third-order valence-electron chi connectivity index (χ3n) is 2.24. The average Bonchev–Trinajstić information content (AvgIpc) is 2.21. The minimum Gasteiger partial charge on any atom is -0.448 e. The van der Waals surface area contributed by atoms with E-state index in [0.29, 0.717) is 6.42 Å². The van der Waals surface area contributed by atoms with Crippen molar-refractivity contribution in [2.45, 2.75) is 42.0 Å². The number of azide groups is 1. The number of alkyl halides is 3. The van der Waals surface area contributed by atoms with Gasteiger partial charge in [0.05, 0.1) is 12.1 Å². The van der Waals surface area contributed by atoms with Crippen LogP contribution in [0.25, 0.3) is 10.4 Å². The van der Waals surface area contributed by atoms with Gasteiger partial charge >= 0.3 is 0 Å². The van der Waals surface area contributed by atoms with Gasteiger partial charge in [0.15, 0.2) is 0 Å². The van der Waals surface area contributed by atoms with Crippen molar-refractivity contribution in [1.29, 1.82) is 5.41 Å². The summed E-state index contributed by atoms with van der Waals surface area (Å²) in [6, 6.07) is -0.524. The quantitative estimate of drug-likeness (QED) is 0.211. The molecule has 1 unspecified atom stereocenters. The minimum absolute atomic E-state index is 0.0617. The van der Waals surface area contributed by atoms with Crippen molar-refractivity contribution in [2.75, 3.05) is 0 Å². The van der Waals surface area contributed by atoms with Crippen molar-refractivity contribution in [3.8, 4) is 0 Å². The number of rotatable bonds is 2. The van der Waals surface area contributed by atoms with Crippen molar-refractivity contribution in [1.82, 2.24) is 0 Å². The lowest BCUT2D eigenvalue weighted by Crippen LogP contribution is -2.41. The third-order valence-corrected chi connectivity index (χ3v) is 2.76. The van der Waals surface area contributed by atoms with E-state index in [0.717, 1.165) is 6.42 Å². The molecule has 1 N–H and O–H groups in total. The van der Waals surface area contributed by atoms with Gasteiger partial charge in [0.25, 0.3) is 3.79 Å². The Morgan fingerprint density at radius 3 is 2.71 bits per heavy atom. The first-order chi connectivity index (χ1) is 7.84. The Morgan fingerprint density at radius 1 is 1.53 bits per heavy atom. The molecule has 1 fully saturated rings. The zero-order chi connectivity index (χ0) is 13.1.